The zero-order valence-corrected chi connectivity index (χ0v) is 23.8. The summed E-state index contributed by atoms with van der Waals surface area (Å²) < 4.78 is 26.7. The van der Waals surface area contributed by atoms with Crippen molar-refractivity contribution in [2.75, 3.05) is 34.4 Å². The van der Waals surface area contributed by atoms with Crippen LogP contribution in [0.4, 0.5) is 0 Å². The Bertz CT molecular complexity index is 1390. The molecule has 5 nitrogen and oxygen atoms in total. The molecule has 2 unspecified atom stereocenters. The first kappa shape index (κ1) is 24.9. The summed E-state index contributed by atoms with van der Waals surface area (Å²) in [6.07, 6.45) is 5.30. The number of ether oxygens (including phenoxy) is 4. The van der Waals surface area contributed by atoms with Gasteiger partial charge >= 0.3 is 0 Å². The van der Waals surface area contributed by atoms with Crippen molar-refractivity contribution in [2.45, 2.75) is 61.4 Å². The number of likely N-dealkylation sites (N-methyl/N-ethyl adjacent to an activating group) is 1. The Labute approximate surface area is 237 Å². The Morgan fingerprint density at radius 2 is 1.65 bits per heavy atom. The van der Waals surface area contributed by atoms with Gasteiger partial charge in [0.05, 0.1) is 13.7 Å². The lowest BCUT2D eigenvalue weighted by Gasteiger charge is -2.73. The van der Waals surface area contributed by atoms with Gasteiger partial charge in [0, 0.05) is 35.5 Å². The fourth-order valence-corrected chi connectivity index (χ4v) is 10.0. The fraction of sp³-hybridized carbons (Fsp3) is 0.486. The summed E-state index contributed by atoms with van der Waals surface area (Å²) in [5.74, 6) is 2.07. The van der Waals surface area contributed by atoms with Gasteiger partial charge < -0.3 is 23.8 Å². The summed E-state index contributed by atoms with van der Waals surface area (Å²) in [6.45, 7) is 1.73. The van der Waals surface area contributed by atoms with E-state index in [1.54, 1.807) is 7.11 Å². The van der Waals surface area contributed by atoms with Crippen molar-refractivity contribution in [2.24, 2.45) is 11.3 Å². The molecule has 5 heteroatoms. The van der Waals surface area contributed by atoms with Crippen LogP contribution in [0.1, 0.15) is 54.0 Å². The SMILES string of the molecule is COc1ccc2c3c1O[C@@H]1C34CCN(C)[C@H](C2)C42CC[C@@]1(OC)[C@@H](COC(c1ccccc1)c1ccccc1)C2. The molecular formula is C35H39NO4. The van der Waals surface area contributed by atoms with Crippen molar-refractivity contribution in [1.29, 1.82) is 0 Å². The van der Waals surface area contributed by atoms with E-state index >= 15 is 0 Å². The Balaban J connectivity index is 1.22. The Kier molecular flexibility index (Phi) is 5.49. The van der Waals surface area contributed by atoms with Crippen LogP contribution in [-0.2, 0) is 21.3 Å². The number of hydrogen-bond acceptors (Lipinski definition) is 5. The number of piperidine rings is 1. The van der Waals surface area contributed by atoms with E-state index < -0.39 is 5.60 Å². The number of benzene rings is 3. The van der Waals surface area contributed by atoms with Gasteiger partial charge in [0.15, 0.2) is 11.5 Å². The molecule has 3 saturated carbocycles. The Morgan fingerprint density at radius 1 is 0.925 bits per heavy atom. The van der Waals surface area contributed by atoms with E-state index in [0.29, 0.717) is 12.6 Å². The molecule has 3 aromatic carbocycles. The molecule has 6 aliphatic rings. The molecule has 4 aliphatic carbocycles. The van der Waals surface area contributed by atoms with Crippen LogP contribution in [0.15, 0.2) is 72.8 Å². The van der Waals surface area contributed by atoms with Crippen molar-refractivity contribution < 1.29 is 18.9 Å². The second kappa shape index (κ2) is 8.82. The van der Waals surface area contributed by atoms with Crippen LogP contribution in [0, 0.1) is 11.3 Å². The van der Waals surface area contributed by atoms with Crippen molar-refractivity contribution >= 4 is 0 Å². The van der Waals surface area contributed by atoms with Gasteiger partial charge in [-0.25, -0.2) is 0 Å². The highest BCUT2D eigenvalue weighted by molar-refractivity contribution is 5.63. The molecule has 0 radical (unpaired) electrons. The molecule has 0 aromatic heterocycles. The maximum atomic E-state index is 7.14. The first-order chi connectivity index (χ1) is 19.6. The Morgan fingerprint density at radius 3 is 2.33 bits per heavy atom. The molecule has 4 bridgehead atoms. The molecule has 2 aliphatic heterocycles. The summed E-state index contributed by atoms with van der Waals surface area (Å²) in [5.41, 5.74) is 4.95. The molecule has 0 N–H and O–H groups in total. The van der Waals surface area contributed by atoms with E-state index in [9.17, 15) is 0 Å². The van der Waals surface area contributed by atoms with Crippen LogP contribution < -0.4 is 9.47 Å². The minimum absolute atomic E-state index is 0.0328. The van der Waals surface area contributed by atoms with E-state index in [1.165, 1.54) is 28.7 Å². The molecule has 3 aromatic rings. The highest BCUT2D eigenvalue weighted by atomic mass is 16.6. The summed E-state index contributed by atoms with van der Waals surface area (Å²) in [7, 11) is 6.02. The molecule has 2 heterocycles. The molecule has 6 atom stereocenters. The van der Waals surface area contributed by atoms with Crippen LogP contribution in [0.2, 0.25) is 0 Å². The molecule has 2 spiro atoms. The van der Waals surface area contributed by atoms with Crippen LogP contribution in [0.25, 0.3) is 0 Å². The van der Waals surface area contributed by atoms with Crippen LogP contribution in [0.5, 0.6) is 11.5 Å². The van der Waals surface area contributed by atoms with E-state index in [1.807, 2.05) is 7.11 Å². The normalized spacial score (nSPS) is 35.0. The van der Waals surface area contributed by atoms with E-state index in [4.69, 9.17) is 18.9 Å². The van der Waals surface area contributed by atoms with E-state index in [-0.39, 0.29) is 29.0 Å². The quantitative estimate of drug-likeness (QED) is 0.373. The monoisotopic (exact) mass is 537 g/mol. The lowest BCUT2D eigenvalue weighted by Crippen LogP contribution is -2.81. The van der Waals surface area contributed by atoms with Crippen molar-refractivity contribution in [3.8, 4) is 11.5 Å². The highest BCUT2D eigenvalue weighted by Crippen LogP contribution is 2.76. The second-order valence-corrected chi connectivity index (χ2v) is 12.8. The lowest BCUT2D eigenvalue weighted by molar-refractivity contribution is -0.282. The third-order valence-corrected chi connectivity index (χ3v) is 11.6. The standard InChI is InChI=1S/C35H39NO4/c1-36-19-18-34-29-25-14-15-27(37-2)31(29)40-32(34)35(38-3)17-16-33(34,28(36)20-25)21-26(35)22-39-30(23-10-6-4-7-11-23)24-12-8-5-9-13-24/h4-15,26,28,30,32H,16-22H2,1-3H3/t26-,28-,32-,33?,34?,35-/m1/s1. The number of nitrogens with zero attached hydrogens (tertiary/aromatic N) is 1. The summed E-state index contributed by atoms with van der Waals surface area (Å²) in [4.78, 5) is 2.65. The van der Waals surface area contributed by atoms with Crippen molar-refractivity contribution in [3.63, 3.8) is 0 Å². The third kappa shape index (κ3) is 2.98. The number of methoxy groups -OCH3 is 2. The van der Waals surface area contributed by atoms with Crippen LogP contribution >= 0.6 is 0 Å². The lowest BCUT2D eigenvalue weighted by atomic mass is 9.35. The molecule has 1 saturated heterocycles. The minimum Gasteiger partial charge on any atom is -0.493 e. The Hall–Kier alpha value is -2.86. The predicted octanol–water partition coefficient (Wildman–Crippen LogP) is 5.95. The smallest absolute Gasteiger partial charge is 0.165 e. The first-order valence-electron chi connectivity index (χ1n) is 14.9. The van der Waals surface area contributed by atoms with Gasteiger partial charge in [-0.1, -0.05) is 66.7 Å². The number of likely N-dealkylation sites (tertiary alicyclic amines) is 1. The average Bonchev–Trinajstić information content (AvgIpc) is 3.37. The maximum Gasteiger partial charge on any atom is 0.165 e. The second-order valence-electron chi connectivity index (χ2n) is 12.8. The molecule has 4 fully saturated rings. The van der Waals surface area contributed by atoms with Crippen LogP contribution in [-0.4, -0.2) is 57.1 Å². The van der Waals surface area contributed by atoms with Crippen LogP contribution in [0.3, 0.4) is 0 Å². The molecule has 9 rings (SSSR count). The molecule has 0 amide bonds. The van der Waals surface area contributed by atoms with Gasteiger partial charge in [-0.3, -0.25) is 0 Å². The average molecular weight is 538 g/mol. The van der Waals surface area contributed by atoms with Gasteiger partial charge in [0.2, 0.25) is 0 Å². The topological polar surface area (TPSA) is 40.2 Å². The van der Waals surface area contributed by atoms with E-state index in [2.05, 4.69) is 84.7 Å². The van der Waals surface area contributed by atoms with Crippen molar-refractivity contribution in [3.05, 3.63) is 95.1 Å². The molecule has 40 heavy (non-hydrogen) atoms. The molecule has 208 valence electrons. The maximum absolute atomic E-state index is 7.14. The van der Waals surface area contributed by atoms with Gasteiger partial charge in [-0.2, -0.15) is 0 Å². The van der Waals surface area contributed by atoms with Crippen molar-refractivity contribution in [1.82, 2.24) is 4.90 Å². The third-order valence-electron chi connectivity index (χ3n) is 11.6. The predicted molar refractivity (Wildman–Crippen MR) is 154 cm³/mol. The first-order valence-corrected chi connectivity index (χ1v) is 14.9. The number of hydrogen-bond donors (Lipinski definition) is 0. The summed E-state index contributed by atoms with van der Waals surface area (Å²) in [5, 5.41) is 0. The van der Waals surface area contributed by atoms with Gasteiger partial charge in [-0.05, 0) is 68.5 Å². The molecular weight excluding hydrogens is 498 g/mol. The summed E-state index contributed by atoms with van der Waals surface area (Å²) in [6, 6.07) is 26.2. The zero-order chi connectivity index (χ0) is 27.1. The number of rotatable bonds is 7. The summed E-state index contributed by atoms with van der Waals surface area (Å²) >= 11 is 0. The van der Waals surface area contributed by atoms with E-state index in [0.717, 1.165) is 43.7 Å². The minimum atomic E-state index is -0.404. The van der Waals surface area contributed by atoms with Gasteiger partial charge in [0.1, 0.15) is 17.8 Å². The fourth-order valence-electron chi connectivity index (χ4n) is 10.0. The number of fused-ring (bicyclic) bond motifs is 2. The highest BCUT2D eigenvalue weighted by Gasteiger charge is 2.80. The largest absolute Gasteiger partial charge is 0.493 e. The van der Waals surface area contributed by atoms with Gasteiger partial charge in [-0.15, -0.1) is 0 Å². The van der Waals surface area contributed by atoms with Gasteiger partial charge in [0.25, 0.3) is 0 Å². The zero-order valence-electron chi connectivity index (χ0n) is 23.8.